The van der Waals surface area contributed by atoms with Gasteiger partial charge in [0.1, 0.15) is 4.34 Å². The SMILES string of the molecule is O=C(c1cc(Cl)sc1Cl)N1CCCCCC1CO. The maximum Gasteiger partial charge on any atom is 0.256 e. The topological polar surface area (TPSA) is 40.5 Å². The average molecular weight is 308 g/mol. The minimum atomic E-state index is -0.121. The van der Waals surface area contributed by atoms with Crippen LogP contribution in [0.15, 0.2) is 6.07 Å². The second-order valence-corrected chi connectivity index (χ2v) is 6.71. The van der Waals surface area contributed by atoms with Gasteiger partial charge in [-0.2, -0.15) is 0 Å². The van der Waals surface area contributed by atoms with E-state index in [1.165, 1.54) is 11.3 Å². The number of amides is 1. The Bertz CT molecular complexity index is 436. The molecule has 1 atom stereocenters. The Hall–Kier alpha value is -0.290. The molecule has 6 heteroatoms. The quantitative estimate of drug-likeness (QED) is 0.909. The van der Waals surface area contributed by atoms with Gasteiger partial charge in [-0.1, -0.05) is 36.0 Å². The van der Waals surface area contributed by atoms with Crippen LogP contribution < -0.4 is 0 Å². The fourth-order valence-electron chi connectivity index (χ4n) is 2.28. The van der Waals surface area contributed by atoms with Crippen molar-refractivity contribution in [1.29, 1.82) is 0 Å². The summed E-state index contributed by atoms with van der Waals surface area (Å²) < 4.78 is 0.935. The van der Waals surface area contributed by atoms with Crippen LogP contribution in [0.1, 0.15) is 36.0 Å². The Kier molecular flexibility index (Phi) is 4.90. The fourth-order valence-corrected chi connectivity index (χ4v) is 3.72. The third-order valence-electron chi connectivity index (χ3n) is 3.24. The molecule has 1 amide bonds. The molecule has 0 aromatic carbocycles. The highest BCUT2D eigenvalue weighted by molar-refractivity contribution is 7.20. The van der Waals surface area contributed by atoms with E-state index in [0.29, 0.717) is 20.8 Å². The van der Waals surface area contributed by atoms with E-state index in [-0.39, 0.29) is 18.6 Å². The predicted octanol–water partition coefficient (Wildman–Crippen LogP) is 3.43. The largest absolute Gasteiger partial charge is 0.394 e. The van der Waals surface area contributed by atoms with E-state index in [4.69, 9.17) is 23.2 Å². The van der Waals surface area contributed by atoms with Crippen LogP contribution in [-0.2, 0) is 0 Å². The maximum atomic E-state index is 12.4. The number of aliphatic hydroxyl groups is 1. The normalized spacial score (nSPS) is 20.8. The highest BCUT2D eigenvalue weighted by Gasteiger charge is 2.27. The number of halogens is 2. The summed E-state index contributed by atoms with van der Waals surface area (Å²) in [5.41, 5.74) is 0.451. The van der Waals surface area contributed by atoms with E-state index in [0.717, 1.165) is 25.7 Å². The van der Waals surface area contributed by atoms with E-state index in [9.17, 15) is 9.90 Å². The van der Waals surface area contributed by atoms with Crippen LogP contribution in [0, 0.1) is 0 Å². The molecule has 0 spiro atoms. The number of likely N-dealkylation sites (tertiary alicyclic amines) is 1. The van der Waals surface area contributed by atoms with Crippen LogP contribution in [0.4, 0.5) is 0 Å². The zero-order valence-corrected chi connectivity index (χ0v) is 12.2. The first-order valence-corrected chi connectivity index (χ1v) is 7.57. The Morgan fingerprint density at radius 3 is 2.83 bits per heavy atom. The molecule has 2 rings (SSSR count). The monoisotopic (exact) mass is 307 g/mol. The molecule has 1 aromatic heterocycles. The van der Waals surface area contributed by atoms with Gasteiger partial charge in [0.05, 0.1) is 22.5 Å². The molecule has 0 saturated carbocycles. The van der Waals surface area contributed by atoms with Crippen molar-refractivity contribution < 1.29 is 9.90 Å². The third kappa shape index (κ3) is 2.99. The Morgan fingerprint density at radius 2 is 2.22 bits per heavy atom. The second-order valence-electron chi connectivity index (χ2n) is 4.42. The first-order valence-electron chi connectivity index (χ1n) is 6.00. The molecule has 1 unspecified atom stereocenters. The molecular formula is C12H15Cl2NO2S. The summed E-state index contributed by atoms with van der Waals surface area (Å²) in [6, 6.07) is 1.51. The maximum absolute atomic E-state index is 12.4. The standard InChI is InChI=1S/C12H15Cl2NO2S/c13-10-6-9(11(14)18-10)12(17)15-5-3-1-2-4-8(15)7-16/h6,8,16H,1-5,7H2. The minimum absolute atomic E-state index is 0.00122. The molecule has 1 aliphatic heterocycles. The van der Waals surface area contributed by atoms with E-state index in [2.05, 4.69) is 0 Å². The number of aliphatic hydroxyl groups excluding tert-OH is 1. The number of hydrogen-bond acceptors (Lipinski definition) is 3. The zero-order chi connectivity index (χ0) is 13.1. The molecule has 1 aromatic rings. The molecule has 0 radical (unpaired) electrons. The van der Waals surface area contributed by atoms with Gasteiger partial charge in [0, 0.05) is 6.54 Å². The van der Waals surface area contributed by atoms with E-state index >= 15 is 0 Å². The molecule has 18 heavy (non-hydrogen) atoms. The minimum Gasteiger partial charge on any atom is -0.394 e. The van der Waals surface area contributed by atoms with E-state index in [1.54, 1.807) is 11.0 Å². The molecule has 2 heterocycles. The molecule has 0 bridgehead atoms. The lowest BCUT2D eigenvalue weighted by Crippen LogP contribution is -2.42. The van der Waals surface area contributed by atoms with Crippen molar-refractivity contribution in [3.63, 3.8) is 0 Å². The van der Waals surface area contributed by atoms with E-state index < -0.39 is 0 Å². The van der Waals surface area contributed by atoms with Gasteiger partial charge in [-0.3, -0.25) is 4.79 Å². The van der Waals surface area contributed by atoms with Crippen molar-refractivity contribution in [2.24, 2.45) is 0 Å². The number of rotatable bonds is 2. The first-order chi connectivity index (χ1) is 8.63. The number of carbonyl (C=O) groups is 1. The van der Waals surface area contributed by atoms with Crippen molar-refractivity contribution in [3.05, 3.63) is 20.3 Å². The number of carbonyl (C=O) groups excluding carboxylic acids is 1. The molecule has 1 fully saturated rings. The first kappa shape index (κ1) is 14.1. The second kappa shape index (κ2) is 6.24. The summed E-state index contributed by atoms with van der Waals surface area (Å²) in [5.74, 6) is -0.121. The summed E-state index contributed by atoms with van der Waals surface area (Å²) in [7, 11) is 0. The van der Waals surface area contributed by atoms with Gasteiger partial charge >= 0.3 is 0 Å². The molecule has 1 N–H and O–H groups in total. The average Bonchev–Trinajstić information content (AvgIpc) is 2.56. The van der Waals surface area contributed by atoms with Gasteiger partial charge < -0.3 is 10.0 Å². The zero-order valence-electron chi connectivity index (χ0n) is 9.86. The molecule has 1 saturated heterocycles. The van der Waals surface area contributed by atoms with Gasteiger partial charge in [0.2, 0.25) is 0 Å². The summed E-state index contributed by atoms with van der Waals surface area (Å²) >= 11 is 13.1. The van der Waals surface area contributed by atoms with Gasteiger partial charge in [0.15, 0.2) is 0 Å². The number of hydrogen-bond donors (Lipinski definition) is 1. The van der Waals surface area contributed by atoms with Crippen LogP contribution in [-0.4, -0.2) is 35.1 Å². The predicted molar refractivity (Wildman–Crippen MR) is 74.7 cm³/mol. The van der Waals surface area contributed by atoms with Crippen LogP contribution in [0.5, 0.6) is 0 Å². The summed E-state index contributed by atoms with van der Waals surface area (Å²) in [6.45, 7) is 0.676. The smallest absolute Gasteiger partial charge is 0.256 e. The third-order valence-corrected chi connectivity index (χ3v) is 4.72. The highest BCUT2D eigenvalue weighted by Crippen LogP contribution is 2.33. The van der Waals surface area contributed by atoms with Gasteiger partial charge in [0.25, 0.3) is 5.91 Å². The Labute approximate surface area is 120 Å². The van der Waals surface area contributed by atoms with Gasteiger partial charge in [-0.15, -0.1) is 11.3 Å². The fraction of sp³-hybridized carbons (Fsp3) is 0.583. The van der Waals surface area contributed by atoms with Crippen LogP contribution in [0.2, 0.25) is 8.67 Å². The van der Waals surface area contributed by atoms with Gasteiger partial charge in [-0.05, 0) is 18.9 Å². The van der Waals surface area contributed by atoms with Gasteiger partial charge in [-0.25, -0.2) is 0 Å². The lowest BCUT2D eigenvalue weighted by Gasteiger charge is -2.28. The van der Waals surface area contributed by atoms with Crippen LogP contribution in [0.25, 0.3) is 0 Å². The van der Waals surface area contributed by atoms with Crippen LogP contribution >= 0.6 is 34.5 Å². The highest BCUT2D eigenvalue weighted by atomic mass is 35.5. The van der Waals surface area contributed by atoms with Crippen LogP contribution in [0.3, 0.4) is 0 Å². The van der Waals surface area contributed by atoms with Crippen molar-refractivity contribution in [2.75, 3.05) is 13.2 Å². The lowest BCUT2D eigenvalue weighted by atomic mass is 10.1. The number of nitrogens with zero attached hydrogens (tertiary/aromatic N) is 1. The summed E-state index contributed by atoms with van der Waals surface area (Å²) in [5, 5.41) is 9.41. The summed E-state index contributed by atoms with van der Waals surface area (Å²) in [4.78, 5) is 14.2. The number of thiophene rings is 1. The van der Waals surface area contributed by atoms with Crippen molar-refractivity contribution in [3.8, 4) is 0 Å². The van der Waals surface area contributed by atoms with Crippen molar-refractivity contribution >= 4 is 40.4 Å². The molecule has 1 aliphatic rings. The van der Waals surface area contributed by atoms with Crippen molar-refractivity contribution in [1.82, 2.24) is 4.90 Å². The summed E-state index contributed by atoms with van der Waals surface area (Å²) in [6.07, 6.45) is 3.96. The molecule has 0 aliphatic carbocycles. The Morgan fingerprint density at radius 1 is 1.44 bits per heavy atom. The Balaban J connectivity index is 2.22. The molecule has 3 nitrogen and oxygen atoms in total. The molecular weight excluding hydrogens is 293 g/mol. The van der Waals surface area contributed by atoms with E-state index in [1.807, 2.05) is 0 Å². The molecule has 100 valence electrons. The lowest BCUT2D eigenvalue weighted by molar-refractivity contribution is 0.0600. The van der Waals surface area contributed by atoms with Crippen molar-refractivity contribution in [2.45, 2.75) is 31.7 Å².